The molecule has 1 aliphatic rings. The average Bonchev–Trinajstić information content (AvgIpc) is 3.18. The molecule has 3 aromatic rings. The van der Waals surface area contributed by atoms with Gasteiger partial charge >= 0.3 is 0 Å². The number of sulfone groups is 1. The first-order valence-corrected chi connectivity index (χ1v) is 12.6. The largest absolute Gasteiger partial charge is 0.345 e. The number of carbonyl (C=O) groups excluding carboxylic acids is 1. The predicted molar refractivity (Wildman–Crippen MR) is 122 cm³/mol. The fraction of sp³-hybridized carbons (Fsp3) is 0.364. The highest BCUT2D eigenvalue weighted by Crippen LogP contribution is 2.33. The molecular weight excluding hydrogens is 418 g/mol. The number of carbonyl (C=O) groups is 1. The van der Waals surface area contributed by atoms with E-state index in [1.54, 1.807) is 40.5 Å². The first-order chi connectivity index (χ1) is 14.3. The summed E-state index contributed by atoms with van der Waals surface area (Å²) in [6, 6.07) is 13.2. The summed E-state index contributed by atoms with van der Waals surface area (Å²) >= 11 is 1.68. The highest BCUT2D eigenvalue weighted by Gasteiger charge is 2.27. The van der Waals surface area contributed by atoms with Crippen molar-refractivity contribution in [2.24, 2.45) is 0 Å². The number of anilines is 1. The van der Waals surface area contributed by atoms with E-state index in [0.29, 0.717) is 31.7 Å². The number of rotatable bonds is 5. The van der Waals surface area contributed by atoms with Crippen LogP contribution in [-0.2, 0) is 20.4 Å². The molecule has 2 aromatic carbocycles. The van der Waals surface area contributed by atoms with Gasteiger partial charge in [-0.15, -0.1) is 0 Å². The van der Waals surface area contributed by atoms with Gasteiger partial charge in [0.1, 0.15) is 5.75 Å². The molecule has 0 N–H and O–H groups in total. The van der Waals surface area contributed by atoms with E-state index in [2.05, 4.69) is 30.9 Å². The third kappa shape index (κ3) is 4.49. The highest BCUT2D eigenvalue weighted by atomic mass is 32.2. The summed E-state index contributed by atoms with van der Waals surface area (Å²) in [6.07, 6.45) is 0. The van der Waals surface area contributed by atoms with E-state index < -0.39 is 15.6 Å². The minimum Gasteiger partial charge on any atom is -0.345 e. The third-order valence-electron chi connectivity index (χ3n) is 5.41. The summed E-state index contributed by atoms with van der Waals surface area (Å²) in [4.78, 5) is 21.3. The molecule has 1 saturated heterocycles. The van der Waals surface area contributed by atoms with Gasteiger partial charge in [-0.05, 0) is 30.5 Å². The average molecular weight is 444 g/mol. The van der Waals surface area contributed by atoms with E-state index in [9.17, 15) is 13.2 Å². The number of fused-ring (bicyclic) bond motifs is 1. The van der Waals surface area contributed by atoms with Crippen molar-refractivity contribution in [2.75, 3.05) is 36.8 Å². The lowest BCUT2D eigenvalue weighted by atomic mass is 10.1. The Labute approximate surface area is 181 Å². The molecule has 1 aliphatic heterocycles. The fourth-order valence-electron chi connectivity index (χ4n) is 3.69. The minimum atomic E-state index is -3.49. The molecule has 0 unspecified atom stereocenters. The van der Waals surface area contributed by atoms with Gasteiger partial charge in [-0.1, -0.05) is 53.8 Å². The van der Waals surface area contributed by atoms with E-state index in [-0.39, 0.29) is 11.7 Å². The van der Waals surface area contributed by atoms with Crippen LogP contribution in [-0.4, -0.2) is 56.1 Å². The smallest absolute Gasteiger partial charge is 0.237 e. The van der Waals surface area contributed by atoms with Crippen molar-refractivity contribution in [1.29, 1.82) is 0 Å². The molecule has 0 spiro atoms. The lowest BCUT2D eigenvalue weighted by Crippen LogP contribution is -2.50. The molecule has 1 aromatic heterocycles. The zero-order chi connectivity index (χ0) is 21.3. The summed E-state index contributed by atoms with van der Waals surface area (Å²) in [5, 5.41) is 0.964. The second kappa shape index (κ2) is 8.35. The van der Waals surface area contributed by atoms with E-state index in [1.165, 1.54) is 10.3 Å². The monoisotopic (exact) mass is 443 g/mol. The van der Waals surface area contributed by atoms with Crippen LogP contribution >= 0.6 is 11.3 Å². The molecule has 2 heterocycles. The van der Waals surface area contributed by atoms with Gasteiger partial charge in [-0.25, -0.2) is 13.4 Å². The number of aromatic nitrogens is 1. The normalized spacial score (nSPS) is 15.0. The van der Waals surface area contributed by atoms with Crippen LogP contribution in [0.4, 0.5) is 5.13 Å². The minimum absolute atomic E-state index is 0.107. The maximum absolute atomic E-state index is 12.6. The number of amides is 1. The molecule has 8 heteroatoms. The van der Waals surface area contributed by atoms with Crippen LogP contribution in [0.5, 0.6) is 0 Å². The number of thiazole rings is 1. The molecule has 0 radical (unpaired) electrons. The number of aryl methyl sites for hydroxylation is 2. The molecule has 1 fully saturated rings. The van der Waals surface area contributed by atoms with Gasteiger partial charge in [0.25, 0.3) is 0 Å². The van der Waals surface area contributed by atoms with Gasteiger partial charge in [-0.3, -0.25) is 4.79 Å². The molecular formula is C22H25N3O3S2. The Kier molecular flexibility index (Phi) is 5.79. The Bertz CT molecular complexity index is 1130. The van der Waals surface area contributed by atoms with E-state index in [1.807, 2.05) is 6.07 Å². The third-order valence-corrected chi connectivity index (χ3v) is 8.12. The quantitative estimate of drug-likeness (QED) is 0.606. The number of nitrogens with zero attached hydrogens (tertiary/aromatic N) is 3. The number of piperazine rings is 1. The van der Waals surface area contributed by atoms with Gasteiger partial charge in [0.05, 0.1) is 16.0 Å². The standard InChI is InChI=1S/C22H25N3O3S2/c1-16-8-9-17(2)21-20(16)23-22(29-21)25-12-10-24(11-13-25)19(26)15-30(27,28)14-18-6-4-3-5-7-18/h3-9H,10-15H2,1-2H3. The van der Waals surface area contributed by atoms with Crippen LogP contribution in [0.2, 0.25) is 0 Å². The van der Waals surface area contributed by atoms with Crippen LogP contribution in [0.3, 0.4) is 0 Å². The molecule has 158 valence electrons. The maximum atomic E-state index is 12.6. The zero-order valence-electron chi connectivity index (χ0n) is 17.2. The molecule has 0 saturated carbocycles. The summed E-state index contributed by atoms with van der Waals surface area (Å²) < 4.78 is 26.1. The van der Waals surface area contributed by atoms with Crippen LogP contribution in [0.15, 0.2) is 42.5 Å². The van der Waals surface area contributed by atoms with Crippen molar-refractivity contribution in [3.63, 3.8) is 0 Å². The van der Waals surface area contributed by atoms with E-state index in [4.69, 9.17) is 4.98 Å². The van der Waals surface area contributed by atoms with Crippen LogP contribution in [0, 0.1) is 13.8 Å². The second-order valence-electron chi connectivity index (χ2n) is 7.76. The topological polar surface area (TPSA) is 70.6 Å². The SMILES string of the molecule is Cc1ccc(C)c2sc(N3CCN(C(=O)CS(=O)(=O)Cc4ccccc4)CC3)nc12. The molecule has 4 rings (SSSR count). The van der Waals surface area contributed by atoms with Gasteiger partial charge in [0, 0.05) is 26.2 Å². The van der Waals surface area contributed by atoms with Crippen molar-refractivity contribution < 1.29 is 13.2 Å². The second-order valence-corrected chi connectivity index (χ2v) is 10.8. The maximum Gasteiger partial charge on any atom is 0.237 e. The Balaban J connectivity index is 1.38. The first-order valence-electron chi connectivity index (χ1n) is 9.96. The molecule has 0 atom stereocenters. The summed E-state index contributed by atoms with van der Waals surface area (Å²) in [5.74, 6) is -0.868. The Hall–Kier alpha value is -2.45. The first kappa shape index (κ1) is 20.8. The van der Waals surface area contributed by atoms with Gasteiger partial charge in [-0.2, -0.15) is 0 Å². The van der Waals surface area contributed by atoms with E-state index >= 15 is 0 Å². The van der Waals surface area contributed by atoms with Crippen molar-refractivity contribution in [2.45, 2.75) is 19.6 Å². The lowest BCUT2D eigenvalue weighted by Gasteiger charge is -2.34. The lowest BCUT2D eigenvalue weighted by molar-refractivity contribution is -0.128. The van der Waals surface area contributed by atoms with E-state index in [0.717, 1.165) is 16.2 Å². The van der Waals surface area contributed by atoms with Gasteiger partial charge < -0.3 is 9.80 Å². The van der Waals surface area contributed by atoms with Gasteiger partial charge in [0.15, 0.2) is 15.0 Å². The zero-order valence-corrected chi connectivity index (χ0v) is 18.8. The number of benzene rings is 2. The van der Waals surface area contributed by atoms with Gasteiger partial charge in [0.2, 0.25) is 5.91 Å². The Morgan fingerprint density at radius 3 is 2.33 bits per heavy atom. The predicted octanol–water partition coefficient (Wildman–Crippen LogP) is 3.18. The highest BCUT2D eigenvalue weighted by molar-refractivity contribution is 7.91. The molecule has 1 amide bonds. The van der Waals surface area contributed by atoms with Crippen molar-refractivity contribution in [1.82, 2.24) is 9.88 Å². The van der Waals surface area contributed by atoms with Crippen molar-refractivity contribution in [3.05, 3.63) is 59.2 Å². The van der Waals surface area contributed by atoms with Crippen LogP contribution in [0.1, 0.15) is 16.7 Å². The summed E-state index contributed by atoms with van der Waals surface area (Å²) in [6.45, 7) is 6.49. The van der Waals surface area contributed by atoms with Crippen LogP contribution in [0.25, 0.3) is 10.2 Å². The van der Waals surface area contributed by atoms with Crippen molar-refractivity contribution in [3.8, 4) is 0 Å². The molecule has 6 nitrogen and oxygen atoms in total. The molecule has 30 heavy (non-hydrogen) atoms. The Morgan fingerprint density at radius 2 is 1.67 bits per heavy atom. The Morgan fingerprint density at radius 1 is 1.00 bits per heavy atom. The summed E-state index contributed by atoms with van der Waals surface area (Å²) in [5.41, 5.74) is 4.13. The fourth-order valence-corrected chi connectivity index (χ4v) is 6.21. The number of hydrogen-bond donors (Lipinski definition) is 0. The van der Waals surface area contributed by atoms with Crippen molar-refractivity contribution >= 4 is 42.4 Å². The van der Waals surface area contributed by atoms with Crippen LogP contribution < -0.4 is 4.90 Å². The summed E-state index contributed by atoms with van der Waals surface area (Å²) in [7, 11) is -3.49. The molecule has 0 bridgehead atoms. The molecule has 0 aliphatic carbocycles. The number of hydrogen-bond acceptors (Lipinski definition) is 6.